The van der Waals surface area contributed by atoms with Gasteiger partial charge in [0.2, 0.25) is 5.91 Å². The largest absolute Gasteiger partial charge is 0.311 e. The van der Waals surface area contributed by atoms with Gasteiger partial charge in [0.1, 0.15) is 10.0 Å². The Morgan fingerprint density at radius 1 is 1.17 bits per heavy atom. The van der Waals surface area contributed by atoms with Crippen molar-refractivity contribution in [1.82, 2.24) is 14.1 Å². The van der Waals surface area contributed by atoms with Gasteiger partial charge in [-0.3, -0.25) is 4.79 Å². The standard InChI is InChI=1S/C21H32N4O3S2/c1-20(2,3)16-14-17(25(23-16)21(4,5)6)22-19(26)15-9-11-24(12-10-15)30(27,28)18-8-7-13-29-18/h7-8,13-15H,9-12H2,1-6H3,(H,22,26). The topological polar surface area (TPSA) is 84.3 Å². The van der Waals surface area contributed by atoms with Gasteiger partial charge in [-0.15, -0.1) is 11.3 Å². The number of rotatable bonds is 4. The Bertz CT molecular complexity index is 988. The van der Waals surface area contributed by atoms with E-state index < -0.39 is 10.0 Å². The van der Waals surface area contributed by atoms with Crippen LogP contribution in [-0.4, -0.2) is 41.5 Å². The summed E-state index contributed by atoms with van der Waals surface area (Å²) in [6.07, 6.45) is 1.01. The van der Waals surface area contributed by atoms with E-state index in [-0.39, 0.29) is 22.8 Å². The number of thiophene rings is 1. The molecule has 1 fully saturated rings. The average molecular weight is 453 g/mol. The first-order valence-electron chi connectivity index (χ1n) is 10.3. The Morgan fingerprint density at radius 3 is 2.30 bits per heavy atom. The van der Waals surface area contributed by atoms with Crippen LogP contribution in [0.15, 0.2) is 27.8 Å². The van der Waals surface area contributed by atoms with Gasteiger partial charge in [-0.2, -0.15) is 9.40 Å². The molecule has 0 radical (unpaired) electrons. The van der Waals surface area contributed by atoms with E-state index in [9.17, 15) is 13.2 Å². The van der Waals surface area contributed by atoms with Crippen LogP contribution < -0.4 is 5.32 Å². The SMILES string of the molecule is CC(C)(C)c1cc(NC(=O)C2CCN(S(=O)(=O)c3cccs3)CC2)n(C(C)(C)C)n1. The number of piperidine rings is 1. The van der Waals surface area contributed by atoms with Crippen molar-refractivity contribution < 1.29 is 13.2 Å². The molecule has 3 heterocycles. The van der Waals surface area contributed by atoms with Gasteiger partial charge in [-0.25, -0.2) is 13.1 Å². The first-order chi connectivity index (χ1) is 13.8. The minimum Gasteiger partial charge on any atom is -0.311 e. The van der Waals surface area contributed by atoms with Crippen LogP contribution in [0.2, 0.25) is 0 Å². The van der Waals surface area contributed by atoms with Gasteiger partial charge in [0.15, 0.2) is 0 Å². The van der Waals surface area contributed by atoms with Gasteiger partial charge in [0, 0.05) is 30.5 Å². The van der Waals surface area contributed by atoms with E-state index in [1.807, 2.05) is 10.7 Å². The van der Waals surface area contributed by atoms with Crippen molar-refractivity contribution in [2.24, 2.45) is 5.92 Å². The maximum Gasteiger partial charge on any atom is 0.252 e. The van der Waals surface area contributed by atoms with Crippen molar-refractivity contribution >= 4 is 33.1 Å². The molecule has 0 saturated carbocycles. The molecule has 0 atom stereocenters. The molecule has 2 aromatic heterocycles. The van der Waals surface area contributed by atoms with Gasteiger partial charge in [0.05, 0.1) is 11.2 Å². The first-order valence-corrected chi connectivity index (χ1v) is 12.6. The fourth-order valence-electron chi connectivity index (χ4n) is 3.47. The summed E-state index contributed by atoms with van der Waals surface area (Å²) in [4.78, 5) is 13.0. The molecule has 1 saturated heterocycles. The Hall–Kier alpha value is -1.71. The highest BCUT2D eigenvalue weighted by molar-refractivity contribution is 7.91. The van der Waals surface area contributed by atoms with E-state index in [0.717, 1.165) is 5.69 Å². The van der Waals surface area contributed by atoms with Crippen LogP contribution in [-0.2, 0) is 25.8 Å². The molecule has 1 aliphatic rings. The summed E-state index contributed by atoms with van der Waals surface area (Å²) in [5, 5.41) is 9.56. The van der Waals surface area contributed by atoms with Crippen molar-refractivity contribution in [2.75, 3.05) is 18.4 Å². The molecule has 1 aliphatic heterocycles. The number of sulfonamides is 1. The fourth-order valence-corrected chi connectivity index (χ4v) is 6.09. The smallest absolute Gasteiger partial charge is 0.252 e. The molecule has 1 N–H and O–H groups in total. The van der Waals surface area contributed by atoms with E-state index in [4.69, 9.17) is 5.10 Å². The maximum atomic E-state index is 13.0. The number of carbonyl (C=O) groups excluding carboxylic acids is 1. The second-order valence-corrected chi connectivity index (χ2v) is 13.0. The van der Waals surface area contributed by atoms with Gasteiger partial charge in [-0.1, -0.05) is 26.8 Å². The summed E-state index contributed by atoms with van der Waals surface area (Å²) < 4.78 is 29.1. The summed E-state index contributed by atoms with van der Waals surface area (Å²) >= 11 is 1.22. The number of aromatic nitrogens is 2. The fraction of sp³-hybridized carbons (Fsp3) is 0.619. The highest BCUT2D eigenvalue weighted by atomic mass is 32.2. The highest BCUT2D eigenvalue weighted by Crippen LogP contribution is 2.30. The third-order valence-electron chi connectivity index (χ3n) is 5.28. The van der Waals surface area contributed by atoms with E-state index in [2.05, 4.69) is 46.9 Å². The lowest BCUT2D eigenvalue weighted by molar-refractivity contribution is -0.121. The average Bonchev–Trinajstić information content (AvgIpc) is 3.31. The van der Waals surface area contributed by atoms with Crippen LogP contribution in [0.3, 0.4) is 0 Å². The van der Waals surface area contributed by atoms with Gasteiger partial charge in [0.25, 0.3) is 10.0 Å². The van der Waals surface area contributed by atoms with Crippen molar-refractivity contribution in [3.63, 3.8) is 0 Å². The monoisotopic (exact) mass is 452 g/mol. The van der Waals surface area contributed by atoms with Crippen LogP contribution in [0.4, 0.5) is 5.82 Å². The minimum absolute atomic E-state index is 0.0750. The second kappa shape index (κ2) is 8.09. The molecule has 9 heteroatoms. The molecule has 3 rings (SSSR count). The number of amides is 1. The summed E-state index contributed by atoms with van der Waals surface area (Å²) in [6, 6.07) is 5.31. The molecular weight excluding hydrogens is 420 g/mol. The second-order valence-electron chi connectivity index (χ2n) is 9.85. The van der Waals surface area contributed by atoms with Crippen molar-refractivity contribution in [3.05, 3.63) is 29.3 Å². The van der Waals surface area contributed by atoms with Gasteiger partial charge < -0.3 is 5.32 Å². The lowest BCUT2D eigenvalue weighted by Crippen LogP contribution is -2.41. The summed E-state index contributed by atoms with van der Waals surface area (Å²) in [5.41, 5.74) is 0.520. The van der Waals surface area contributed by atoms with Gasteiger partial charge in [-0.05, 0) is 45.1 Å². The van der Waals surface area contributed by atoms with E-state index >= 15 is 0 Å². The van der Waals surface area contributed by atoms with Crippen LogP contribution in [0.25, 0.3) is 0 Å². The highest BCUT2D eigenvalue weighted by Gasteiger charge is 2.33. The Balaban J connectivity index is 1.70. The molecule has 166 valence electrons. The maximum absolute atomic E-state index is 13.0. The predicted molar refractivity (Wildman–Crippen MR) is 120 cm³/mol. The zero-order valence-corrected chi connectivity index (χ0v) is 20.2. The number of hydrogen-bond donors (Lipinski definition) is 1. The molecule has 7 nitrogen and oxygen atoms in total. The van der Waals surface area contributed by atoms with Crippen molar-refractivity contribution in [3.8, 4) is 0 Å². The number of nitrogens with one attached hydrogen (secondary N) is 1. The lowest BCUT2D eigenvalue weighted by Gasteiger charge is -2.30. The molecular formula is C21H32N4O3S2. The first kappa shape index (κ1) is 23.0. The number of hydrogen-bond acceptors (Lipinski definition) is 5. The minimum atomic E-state index is -3.46. The molecule has 0 bridgehead atoms. The lowest BCUT2D eigenvalue weighted by atomic mass is 9.92. The van der Waals surface area contributed by atoms with Crippen LogP contribution in [0.1, 0.15) is 60.1 Å². The number of carbonyl (C=O) groups is 1. The number of nitrogens with zero attached hydrogens (tertiary/aromatic N) is 3. The molecule has 0 unspecified atom stereocenters. The normalized spacial score (nSPS) is 17.3. The van der Waals surface area contributed by atoms with E-state index in [1.54, 1.807) is 17.5 Å². The Morgan fingerprint density at radius 2 is 1.80 bits per heavy atom. The van der Waals surface area contributed by atoms with Gasteiger partial charge >= 0.3 is 0 Å². The van der Waals surface area contributed by atoms with Crippen LogP contribution in [0.5, 0.6) is 0 Å². The summed E-state index contributed by atoms with van der Waals surface area (Å²) in [6.45, 7) is 13.1. The Labute approximate surface area is 183 Å². The number of anilines is 1. The third-order valence-corrected chi connectivity index (χ3v) is 8.55. The molecule has 2 aromatic rings. The molecule has 30 heavy (non-hydrogen) atoms. The zero-order valence-electron chi connectivity index (χ0n) is 18.6. The molecule has 0 aliphatic carbocycles. The molecule has 1 amide bonds. The summed E-state index contributed by atoms with van der Waals surface area (Å²) in [5.74, 6) is 0.390. The molecule has 0 aromatic carbocycles. The van der Waals surface area contributed by atoms with E-state index in [0.29, 0.717) is 36.0 Å². The summed E-state index contributed by atoms with van der Waals surface area (Å²) in [7, 11) is -3.46. The third kappa shape index (κ3) is 4.78. The van der Waals surface area contributed by atoms with Crippen molar-refractivity contribution in [2.45, 2.75) is 69.5 Å². The van der Waals surface area contributed by atoms with Crippen LogP contribution >= 0.6 is 11.3 Å². The predicted octanol–water partition coefficient (Wildman–Crippen LogP) is 4.04. The van der Waals surface area contributed by atoms with Crippen LogP contribution in [0, 0.1) is 5.92 Å². The van der Waals surface area contributed by atoms with E-state index in [1.165, 1.54) is 15.6 Å². The molecule has 0 spiro atoms. The quantitative estimate of drug-likeness (QED) is 0.759. The van der Waals surface area contributed by atoms with Crippen molar-refractivity contribution in [1.29, 1.82) is 0 Å². The Kier molecular flexibility index (Phi) is 6.19. The zero-order chi connectivity index (χ0) is 22.3.